The monoisotopic (exact) mass is 343 g/mol. The number of carbonyl (C=O) groups excluding carboxylic acids is 2. The lowest BCUT2D eigenvalue weighted by Gasteiger charge is -2.09. The van der Waals surface area contributed by atoms with Gasteiger partial charge in [0.25, 0.3) is 0 Å². The molecule has 1 N–H and O–H groups in total. The van der Waals surface area contributed by atoms with Crippen LogP contribution in [-0.2, 0) is 25.7 Å². The number of ether oxygens (including phenoxy) is 3. The molecule has 0 atom stereocenters. The van der Waals surface area contributed by atoms with Gasteiger partial charge in [-0.05, 0) is 36.8 Å². The normalized spacial score (nSPS) is 9.96. The largest absolute Gasteiger partial charge is 0.482 e. The molecule has 2 aromatic rings. The van der Waals surface area contributed by atoms with Crippen LogP contribution in [0.25, 0.3) is 0 Å². The Morgan fingerprint density at radius 3 is 2.32 bits per heavy atom. The third-order valence-electron chi connectivity index (χ3n) is 3.20. The molecule has 0 heterocycles. The van der Waals surface area contributed by atoms with Crippen LogP contribution in [0.2, 0.25) is 0 Å². The van der Waals surface area contributed by atoms with E-state index in [1.54, 1.807) is 31.2 Å². The molecule has 0 saturated heterocycles. The Labute approximate surface area is 146 Å². The van der Waals surface area contributed by atoms with E-state index in [-0.39, 0.29) is 25.7 Å². The number of nitrogens with one attached hydrogen (secondary N) is 1. The summed E-state index contributed by atoms with van der Waals surface area (Å²) in [6, 6.07) is 16.4. The van der Waals surface area contributed by atoms with Gasteiger partial charge in [0.05, 0.1) is 6.61 Å². The van der Waals surface area contributed by atoms with Crippen LogP contribution in [0.5, 0.6) is 5.75 Å². The lowest BCUT2D eigenvalue weighted by atomic mass is 10.2. The van der Waals surface area contributed by atoms with Crippen molar-refractivity contribution >= 4 is 17.6 Å². The molecule has 0 saturated carbocycles. The van der Waals surface area contributed by atoms with Gasteiger partial charge in [-0.15, -0.1) is 0 Å². The van der Waals surface area contributed by atoms with Gasteiger partial charge in [0.1, 0.15) is 18.9 Å². The van der Waals surface area contributed by atoms with Gasteiger partial charge in [0.2, 0.25) is 0 Å². The molecule has 132 valence electrons. The first-order chi connectivity index (χ1) is 12.2. The van der Waals surface area contributed by atoms with Crippen molar-refractivity contribution in [1.82, 2.24) is 0 Å². The summed E-state index contributed by atoms with van der Waals surface area (Å²) in [5, 5.41) is 2.97. The molecule has 0 radical (unpaired) electrons. The third kappa shape index (κ3) is 6.95. The van der Waals surface area contributed by atoms with E-state index in [1.807, 2.05) is 30.3 Å². The average molecular weight is 343 g/mol. The molecule has 25 heavy (non-hydrogen) atoms. The summed E-state index contributed by atoms with van der Waals surface area (Å²) >= 11 is 0. The zero-order valence-corrected chi connectivity index (χ0v) is 14.1. The van der Waals surface area contributed by atoms with Crippen molar-refractivity contribution in [3.05, 3.63) is 60.2 Å². The SMILES string of the molecule is CCOC(=O)COc1ccc(NCC(=O)OCc2ccccc2)cc1. The molecular formula is C19H21NO5. The van der Waals surface area contributed by atoms with Gasteiger partial charge in [-0.25, -0.2) is 4.79 Å². The van der Waals surface area contributed by atoms with Crippen LogP contribution in [0.1, 0.15) is 12.5 Å². The summed E-state index contributed by atoms with van der Waals surface area (Å²) in [5.74, 6) is -0.206. The fourth-order valence-corrected chi connectivity index (χ4v) is 1.98. The Kier molecular flexibility index (Phi) is 7.31. The first kappa shape index (κ1) is 18.3. The number of rotatable bonds is 9. The lowest BCUT2D eigenvalue weighted by molar-refractivity contribution is -0.145. The fraction of sp³-hybridized carbons (Fsp3) is 0.263. The highest BCUT2D eigenvalue weighted by Gasteiger charge is 2.05. The van der Waals surface area contributed by atoms with Crippen molar-refractivity contribution in [2.45, 2.75) is 13.5 Å². The van der Waals surface area contributed by atoms with Crippen molar-refractivity contribution in [2.75, 3.05) is 25.1 Å². The molecule has 2 rings (SSSR count). The predicted molar refractivity (Wildman–Crippen MR) is 93.3 cm³/mol. The van der Waals surface area contributed by atoms with Gasteiger partial charge in [0.15, 0.2) is 6.61 Å². The highest BCUT2D eigenvalue weighted by Crippen LogP contribution is 2.15. The van der Waals surface area contributed by atoms with Crippen molar-refractivity contribution in [2.24, 2.45) is 0 Å². The lowest BCUT2D eigenvalue weighted by Crippen LogP contribution is -2.17. The van der Waals surface area contributed by atoms with Gasteiger partial charge < -0.3 is 19.5 Å². The summed E-state index contributed by atoms with van der Waals surface area (Å²) < 4.78 is 15.3. The first-order valence-corrected chi connectivity index (χ1v) is 7.99. The van der Waals surface area contributed by atoms with Crippen LogP contribution in [0, 0.1) is 0 Å². The van der Waals surface area contributed by atoms with E-state index in [9.17, 15) is 9.59 Å². The molecule has 0 bridgehead atoms. The quantitative estimate of drug-likeness (QED) is 0.706. The molecule has 0 unspecified atom stereocenters. The zero-order valence-electron chi connectivity index (χ0n) is 14.1. The van der Waals surface area contributed by atoms with E-state index in [1.165, 1.54) is 0 Å². The van der Waals surface area contributed by atoms with E-state index < -0.39 is 5.97 Å². The van der Waals surface area contributed by atoms with Crippen LogP contribution in [0.4, 0.5) is 5.69 Å². The molecule has 6 nitrogen and oxygen atoms in total. The van der Waals surface area contributed by atoms with Crippen LogP contribution in [0.3, 0.4) is 0 Å². The second-order valence-electron chi connectivity index (χ2n) is 5.12. The minimum absolute atomic E-state index is 0.0653. The van der Waals surface area contributed by atoms with Gasteiger partial charge >= 0.3 is 11.9 Å². The number of hydrogen-bond acceptors (Lipinski definition) is 6. The second kappa shape index (κ2) is 9.97. The summed E-state index contributed by atoms with van der Waals surface area (Å²) in [5.41, 5.74) is 1.69. The first-order valence-electron chi connectivity index (χ1n) is 7.99. The highest BCUT2D eigenvalue weighted by atomic mass is 16.6. The van der Waals surface area contributed by atoms with Crippen LogP contribution in [-0.4, -0.2) is 31.7 Å². The molecule has 0 aliphatic heterocycles. The van der Waals surface area contributed by atoms with Crippen molar-refractivity contribution < 1.29 is 23.8 Å². The van der Waals surface area contributed by atoms with Gasteiger partial charge in [0, 0.05) is 5.69 Å². The fourth-order valence-electron chi connectivity index (χ4n) is 1.98. The minimum atomic E-state index is -0.411. The van der Waals surface area contributed by atoms with Crippen molar-refractivity contribution in [1.29, 1.82) is 0 Å². The topological polar surface area (TPSA) is 73.9 Å². The summed E-state index contributed by atoms with van der Waals surface area (Å²) in [4.78, 5) is 22.9. The molecule has 0 aromatic heterocycles. The predicted octanol–water partition coefficient (Wildman–Crippen LogP) is 2.78. The second-order valence-corrected chi connectivity index (χ2v) is 5.12. The Hall–Kier alpha value is -3.02. The zero-order chi connectivity index (χ0) is 17.9. The van der Waals surface area contributed by atoms with E-state index in [0.29, 0.717) is 12.4 Å². The number of anilines is 1. The standard InChI is InChI=1S/C19H21NO5/c1-2-23-19(22)14-24-17-10-8-16(9-11-17)20-12-18(21)25-13-15-6-4-3-5-7-15/h3-11,20H,2,12-14H2,1H3. The van der Waals surface area contributed by atoms with E-state index in [0.717, 1.165) is 11.3 Å². The maximum absolute atomic E-state index is 11.7. The molecule has 0 spiro atoms. The van der Waals surface area contributed by atoms with E-state index in [2.05, 4.69) is 5.32 Å². The maximum atomic E-state index is 11.7. The Morgan fingerprint density at radius 1 is 0.920 bits per heavy atom. The molecule has 0 aliphatic rings. The molecule has 0 fully saturated rings. The van der Waals surface area contributed by atoms with E-state index >= 15 is 0 Å². The van der Waals surface area contributed by atoms with Crippen LogP contribution in [0.15, 0.2) is 54.6 Å². The average Bonchev–Trinajstić information content (AvgIpc) is 2.65. The summed E-state index contributed by atoms with van der Waals surface area (Å²) in [6.07, 6.45) is 0. The van der Waals surface area contributed by atoms with Crippen LogP contribution >= 0.6 is 0 Å². The Bertz CT molecular complexity index is 670. The van der Waals surface area contributed by atoms with Crippen LogP contribution < -0.4 is 10.1 Å². The minimum Gasteiger partial charge on any atom is -0.482 e. The summed E-state index contributed by atoms with van der Waals surface area (Å²) in [6.45, 7) is 2.25. The van der Waals surface area contributed by atoms with Gasteiger partial charge in [-0.2, -0.15) is 0 Å². The molecule has 0 aliphatic carbocycles. The third-order valence-corrected chi connectivity index (χ3v) is 3.20. The van der Waals surface area contributed by atoms with E-state index in [4.69, 9.17) is 14.2 Å². The summed E-state index contributed by atoms with van der Waals surface area (Å²) in [7, 11) is 0. The maximum Gasteiger partial charge on any atom is 0.344 e. The Morgan fingerprint density at radius 2 is 1.64 bits per heavy atom. The molecule has 0 amide bonds. The molecule has 2 aromatic carbocycles. The number of carbonyl (C=O) groups is 2. The van der Waals surface area contributed by atoms with Gasteiger partial charge in [-0.1, -0.05) is 30.3 Å². The Balaban J connectivity index is 1.70. The molecule has 6 heteroatoms. The van der Waals surface area contributed by atoms with Crippen molar-refractivity contribution in [3.8, 4) is 5.75 Å². The number of hydrogen-bond donors (Lipinski definition) is 1. The highest BCUT2D eigenvalue weighted by molar-refractivity contribution is 5.75. The van der Waals surface area contributed by atoms with Crippen molar-refractivity contribution in [3.63, 3.8) is 0 Å². The molecular weight excluding hydrogens is 322 g/mol. The number of benzene rings is 2. The van der Waals surface area contributed by atoms with Gasteiger partial charge in [-0.3, -0.25) is 4.79 Å². The smallest absolute Gasteiger partial charge is 0.344 e. The number of esters is 2.